The second-order valence-corrected chi connectivity index (χ2v) is 12.2. The van der Waals surface area contributed by atoms with E-state index in [-0.39, 0.29) is 23.2 Å². The molecule has 5 nitrogen and oxygen atoms in total. The lowest BCUT2D eigenvalue weighted by atomic mass is 9.75. The molecule has 1 aliphatic heterocycles. The van der Waals surface area contributed by atoms with Crippen molar-refractivity contribution in [1.29, 1.82) is 0 Å². The summed E-state index contributed by atoms with van der Waals surface area (Å²) in [5, 5.41) is 4.49. The van der Waals surface area contributed by atoms with Crippen LogP contribution in [0.1, 0.15) is 35.6 Å². The van der Waals surface area contributed by atoms with Crippen LogP contribution in [0.2, 0.25) is 0 Å². The summed E-state index contributed by atoms with van der Waals surface area (Å²) in [6.45, 7) is 0.0599. The van der Waals surface area contributed by atoms with Crippen LogP contribution >= 0.6 is 23.1 Å². The van der Waals surface area contributed by atoms with Gasteiger partial charge in [-0.25, -0.2) is 0 Å². The van der Waals surface area contributed by atoms with Gasteiger partial charge in [-0.2, -0.15) is 0 Å². The van der Waals surface area contributed by atoms with Gasteiger partial charge in [0, 0.05) is 41.5 Å². The molecule has 5 atom stereocenters. The highest BCUT2D eigenvalue weighted by molar-refractivity contribution is 8.00. The Morgan fingerprint density at radius 2 is 1.79 bits per heavy atom. The van der Waals surface area contributed by atoms with E-state index in [4.69, 9.17) is 0 Å². The van der Waals surface area contributed by atoms with Gasteiger partial charge >= 0.3 is 4.87 Å². The van der Waals surface area contributed by atoms with Crippen LogP contribution < -0.4 is 15.1 Å². The third-order valence-corrected chi connectivity index (χ3v) is 10.6. The molecule has 34 heavy (non-hydrogen) atoms. The number of thiazole rings is 1. The molecule has 3 aliphatic rings. The topological polar surface area (TPSA) is 54.3 Å². The van der Waals surface area contributed by atoms with Crippen molar-refractivity contribution in [1.82, 2.24) is 4.57 Å². The van der Waals surface area contributed by atoms with Gasteiger partial charge in [0.25, 0.3) is 0 Å². The number of anilines is 2. The predicted molar refractivity (Wildman–Crippen MR) is 140 cm³/mol. The fourth-order valence-electron chi connectivity index (χ4n) is 6.31. The summed E-state index contributed by atoms with van der Waals surface area (Å²) < 4.78 is 1.73. The summed E-state index contributed by atoms with van der Waals surface area (Å²) in [4.78, 5) is 29.3. The van der Waals surface area contributed by atoms with E-state index in [1.807, 2.05) is 42.1 Å². The highest BCUT2D eigenvalue weighted by Gasteiger charge is 2.55. The summed E-state index contributed by atoms with van der Waals surface area (Å²) in [7, 11) is 4.12. The minimum Gasteiger partial charge on any atom is -0.378 e. The predicted octanol–water partition coefficient (Wildman–Crippen LogP) is 5.27. The maximum absolute atomic E-state index is 13.2. The number of hydrogen-bond acceptors (Lipinski definition) is 5. The molecule has 2 aliphatic carbocycles. The number of carbonyl (C=O) groups excluding carboxylic acids is 1. The SMILES string of the molecule is CN(C)c1ccc(C2c3sc(=O)n(CC(=O)Nc4ccccc4)c3SC3C4CCC(C4)C23)cc1. The molecule has 2 aromatic carbocycles. The molecule has 6 rings (SSSR count). The van der Waals surface area contributed by atoms with Gasteiger partial charge in [0.2, 0.25) is 5.91 Å². The van der Waals surface area contributed by atoms with Crippen LogP contribution in [0.25, 0.3) is 0 Å². The van der Waals surface area contributed by atoms with Crippen molar-refractivity contribution in [3.05, 3.63) is 74.7 Å². The molecule has 3 aromatic rings. The summed E-state index contributed by atoms with van der Waals surface area (Å²) in [6, 6.07) is 18.3. The Hall–Kier alpha value is -2.51. The normalized spacial score (nSPS) is 26.7. The first-order valence-electron chi connectivity index (χ1n) is 12.0. The number of aromatic nitrogens is 1. The molecular weight excluding hydrogens is 462 g/mol. The number of carbonyl (C=O) groups is 1. The summed E-state index contributed by atoms with van der Waals surface area (Å²) >= 11 is 3.23. The first-order chi connectivity index (χ1) is 16.5. The van der Waals surface area contributed by atoms with Gasteiger partial charge in [-0.1, -0.05) is 41.7 Å². The average Bonchev–Trinajstić information content (AvgIpc) is 3.53. The molecule has 7 heteroatoms. The van der Waals surface area contributed by atoms with Gasteiger partial charge in [-0.3, -0.25) is 14.2 Å². The van der Waals surface area contributed by atoms with Crippen molar-refractivity contribution in [3.8, 4) is 0 Å². The van der Waals surface area contributed by atoms with Gasteiger partial charge in [-0.15, -0.1) is 11.8 Å². The van der Waals surface area contributed by atoms with Crippen LogP contribution in [0.15, 0.2) is 64.4 Å². The van der Waals surface area contributed by atoms with E-state index in [0.717, 1.165) is 27.4 Å². The van der Waals surface area contributed by atoms with Crippen LogP contribution in [0, 0.1) is 17.8 Å². The number of amides is 1. The Kier molecular flexibility index (Phi) is 5.57. The number of para-hydroxylation sites is 1. The molecule has 0 radical (unpaired) electrons. The molecule has 0 saturated heterocycles. The third-order valence-electron chi connectivity index (χ3n) is 7.82. The van der Waals surface area contributed by atoms with E-state index in [2.05, 4.69) is 48.6 Å². The number of nitrogens with zero attached hydrogens (tertiary/aromatic N) is 2. The van der Waals surface area contributed by atoms with Gasteiger partial charge in [0.05, 0.1) is 5.03 Å². The minimum atomic E-state index is -0.156. The average molecular weight is 492 g/mol. The van der Waals surface area contributed by atoms with E-state index >= 15 is 0 Å². The summed E-state index contributed by atoms with van der Waals surface area (Å²) in [5.74, 6) is 2.12. The maximum Gasteiger partial charge on any atom is 0.308 e. The van der Waals surface area contributed by atoms with Crippen molar-refractivity contribution in [2.75, 3.05) is 24.3 Å². The number of nitrogens with one attached hydrogen (secondary N) is 1. The Balaban J connectivity index is 1.37. The number of fused-ring (bicyclic) bond motifs is 6. The second kappa shape index (κ2) is 8.61. The molecule has 1 amide bonds. The lowest BCUT2D eigenvalue weighted by Crippen LogP contribution is -2.34. The lowest BCUT2D eigenvalue weighted by molar-refractivity contribution is -0.116. The van der Waals surface area contributed by atoms with Crippen molar-refractivity contribution < 1.29 is 4.79 Å². The van der Waals surface area contributed by atoms with Crippen LogP contribution in [-0.4, -0.2) is 29.8 Å². The standard InChI is InChI=1S/C27H29N3O2S2/c1-29(2)20-12-10-16(11-13-20)22-23-17-8-9-18(14-17)24(23)33-26-25(22)34-27(32)30(26)15-21(31)28-19-6-4-3-5-7-19/h3-7,10-13,17-18,22-24H,8-9,14-15H2,1-2H3,(H,28,31). The van der Waals surface area contributed by atoms with Crippen LogP contribution in [0.5, 0.6) is 0 Å². The number of thioether (sulfide) groups is 1. The van der Waals surface area contributed by atoms with Gasteiger partial charge in [0.1, 0.15) is 6.54 Å². The molecule has 5 unspecified atom stereocenters. The molecule has 2 saturated carbocycles. The van der Waals surface area contributed by atoms with E-state index in [0.29, 0.717) is 11.2 Å². The van der Waals surface area contributed by atoms with Crippen LogP contribution in [0.4, 0.5) is 11.4 Å². The number of benzene rings is 2. The number of hydrogen-bond donors (Lipinski definition) is 1. The molecular formula is C27H29N3O2S2. The zero-order chi connectivity index (χ0) is 23.4. The summed E-state index contributed by atoms with van der Waals surface area (Å²) in [6.07, 6.45) is 3.91. The first-order valence-corrected chi connectivity index (χ1v) is 13.7. The molecule has 1 aromatic heterocycles. The van der Waals surface area contributed by atoms with Crippen molar-refractivity contribution in [2.24, 2.45) is 17.8 Å². The molecule has 176 valence electrons. The highest BCUT2D eigenvalue weighted by Crippen LogP contribution is 2.64. The van der Waals surface area contributed by atoms with Gasteiger partial charge in [-0.05, 0) is 66.8 Å². The van der Waals surface area contributed by atoms with Crippen molar-refractivity contribution in [2.45, 2.75) is 42.0 Å². The molecule has 1 N–H and O–H groups in total. The largest absolute Gasteiger partial charge is 0.378 e. The minimum absolute atomic E-state index is 0.0251. The fourth-order valence-corrected chi connectivity index (χ4v) is 9.46. The van der Waals surface area contributed by atoms with Crippen molar-refractivity contribution in [3.63, 3.8) is 0 Å². The molecule has 2 fully saturated rings. The maximum atomic E-state index is 13.2. The van der Waals surface area contributed by atoms with E-state index in [1.165, 1.54) is 41.9 Å². The second-order valence-electron chi connectivity index (χ2n) is 9.99. The monoisotopic (exact) mass is 491 g/mol. The zero-order valence-corrected chi connectivity index (χ0v) is 21.1. The summed E-state index contributed by atoms with van der Waals surface area (Å²) in [5.41, 5.74) is 3.24. The smallest absolute Gasteiger partial charge is 0.308 e. The van der Waals surface area contributed by atoms with Gasteiger partial charge < -0.3 is 10.2 Å². The third kappa shape index (κ3) is 3.69. The fraction of sp³-hybridized carbons (Fsp3) is 0.407. The first kappa shape index (κ1) is 22.0. The molecule has 2 bridgehead atoms. The Labute approximate surface area is 208 Å². The Bertz CT molecular complexity index is 1270. The van der Waals surface area contributed by atoms with Crippen LogP contribution in [0.3, 0.4) is 0 Å². The highest BCUT2D eigenvalue weighted by atomic mass is 32.2. The Morgan fingerprint density at radius 3 is 2.53 bits per heavy atom. The molecule has 2 heterocycles. The number of rotatable bonds is 5. The van der Waals surface area contributed by atoms with Crippen LogP contribution in [-0.2, 0) is 11.3 Å². The van der Waals surface area contributed by atoms with E-state index in [9.17, 15) is 9.59 Å². The zero-order valence-electron chi connectivity index (χ0n) is 19.4. The molecule has 0 spiro atoms. The van der Waals surface area contributed by atoms with Crippen molar-refractivity contribution >= 4 is 40.4 Å². The van der Waals surface area contributed by atoms with Gasteiger partial charge in [0.15, 0.2) is 0 Å². The quantitative estimate of drug-likeness (QED) is 0.529. The lowest BCUT2D eigenvalue weighted by Gasteiger charge is -2.40. The Morgan fingerprint density at radius 1 is 1.06 bits per heavy atom. The van der Waals surface area contributed by atoms with E-state index in [1.54, 1.807) is 4.57 Å². The van der Waals surface area contributed by atoms with E-state index < -0.39 is 0 Å².